The molecule has 204 valence electrons. The number of hydrogen-bond acceptors (Lipinski definition) is 7. The number of anilines is 2. The van der Waals surface area contributed by atoms with Gasteiger partial charge in [0.25, 0.3) is 0 Å². The van der Waals surface area contributed by atoms with Gasteiger partial charge in [-0.1, -0.05) is 18.2 Å². The predicted octanol–water partition coefficient (Wildman–Crippen LogP) is 7.24. The molecule has 5 rings (SSSR count). The van der Waals surface area contributed by atoms with Crippen molar-refractivity contribution in [3.8, 4) is 23.0 Å². The van der Waals surface area contributed by atoms with Gasteiger partial charge < -0.3 is 29.6 Å². The zero-order valence-corrected chi connectivity index (χ0v) is 24.2. The third-order valence-corrected chi connectivity index (χ3v) is 7.73. The van der Waals surface area contributed by atoms with E-state index in [2.05, 4.69) is 26.6 Å². The lowest BCUT2D eigenvalue weighted by molar-refractivity contribution is -0.116. The molecule has 1 aliphatic carbocycles. The first-order valence-corrected chi connectivity index (χ1v) is 14.0. The number of rotatable bonds is 8. The van der Waals surface area contributed by atoms with Gasteiger partial charge in [0.15, 0.2) is 28.8 Å². The standard InChI is InChI=1S/C31H33BrN2O5/c1-5-38-26-12-11-18(16-27(26)36-3)19-14-24-29(25(35)15-19)30(34-23-10-8-7-9-22(23)33-24)20-13-21(32)31(37-4)28(17-20)39-6-2/h7-13,16-17,19,30,33-34H,5-6,14-15H2,1-4H3. The molecule has 0 saturated carbocycles. The molecule has 2 aliphatic rings. The van der Waals surface area contributed by atoms with Crippen LogP contribution in [0, 0.1) is 0 Å². The van der Waals surface area contributed by atoms with Gasteiger partial charge in [-0.25, -0.2) is 0 Å². The molecule has 3 aromatic rings. The van der Waals surface area contributed by atoms with E-state index in [1.165, 1.54) is 0 Å². The Balaban J connectivity index is 1.59. The van der Waals surface area contributed by atoms with E-state index in [0.717, 1.165) is 38.2 Å². The number of allylic oxidation sites excluding steroid dienone is 1. The number of carbonyl (C=O) groups is 1. The number of ketones is 1. The summed E-state index contributed by atoms with van der Waals surface area (Å²) in [6, 6.07) is 17.6. The molecule has 3 aromatic carbocycles. The number of hydrogen-bond donors (Lipinski definition) is 2. The predicted molar refractivity (Wildman–Crippen MR) is 156 cm³/mol. The number of halogens is 1. The van der Waals surface area contributed by atoms with Crippen molar-refractivity contribution < 1.29 is 23.7 Å². The van der Waals surface area contributed by atoms with Crippen LogP contribution in [0.2, 0.25) is 0 Å². The maximum absolute atomic E-state index is 14.0. The lowest BCUT2D eigenvalue weighted by atomic mass is 9.78. The monoisotopic (exact) mass is 592 g/mol. The van der Waals surface area contributed by atoms with Gasteiger partial charge in [0.2, 0.25) is 0 Å². The molecule has 8 heteroatoms. The average molecular weight is 594 g/mol. The summed E-state index contributed by atoms with van der Waals surface area (Å²) in [5.41, 5.74) is 5.46. The lowest BCUT2D eigenvalue weighted by Gasteiger charge is -2.30. The van der Waals surface area contributed by atoms with Gasteiger partial charge in [-0.3, -0.25) is 4.79 Å². The molecule has 7 nitrogen and oxygen atoms in total. The zero-order valence-electron chi connectivity index (χ0n) is 22.6. The largest absolute Gasteiger partial charge is 0.493 e. The molecular weight excluding hydrogens is 560 g/mol. The first-order valence-electron chi connectivity index (χ1n) is 13.2. The summed E-state index contributed by atoms with van der Waals surface area (Å²) in [6.45, 7) is 4.93. The number of ether oxygens (including phenoxy) is 4. The van der Waals surface area contributed by atoms with Crippen LogP contribution in [-0.2, 0) is 4.79 Å². The van der Waals surface area contributed by atoms with Crippen LogP contribution in [0.3, 0.4) is 0 Å². The number of Topliss-reactive ketones (excluding diaryl/α,β-unsaturated/α-hetero) is 1. The maximum atomic E-state index is 14.0. The van der Waals surface area contributed by atoms with Crippen molar-refractivity contribution in [3.63, 3.8) is 0 Å². The lowest BCUT2D eigenvalue weighted by Crippen LogP contribution is -2.27. The van der Waals surface area contributed by atoms with E-state index in [9.17, 15) is 4.79 Å². The Bertz CT molecular complexity index is 1420. The molecule has 39 heavy (non-hydrogen) atoms. The van der Waals surface area contributed by atoms with Gasteiger partial charge in [0.05, 0.1) is 49.3 Å². The second-order valence-corrected chi connectivity index (χ2v) is 10.3. The van der Waals surface area contributed by atoms with Crippen LogP contribution < -0.4 is 29.6 Å². The second kappa shape index (κ2) is 11.6. The molecule has 0 radical (unpaired) electrons. The van der Waals surface area contributed by atoms with Crippen molar-refractivity contribution in [2.75, 3.05) is 38.1 Å². The Morgan fingerprint density at radius 3 is 2.28 bits per heavy atom. The number of nitrogens with one attached hydrogen (secondary N) is 2. The van der Waals surface area contributed by atoms with Gasteiger partial charge in [-0.15, -0.1) is 0 Å². The Morgan fingerprint density at radius 2 is 1.56 bits per heavy atom. The van der Waals surface area contributed by atoms with E-state index in [4.69, 9.17) is 18.9 Å². The van der Waals surface area contributed by atoms with Crippen LogP contribution in [0.5, 0.6) is 23.0 Å². The number of methoxy groups -OCH3 is 2. The normalized spacial score (nSPS) is 18.2. The molecule has 2 N–H and O–H groups in total. The maximum Gasteiger partial charge on any atom is 0.174 e. The SMILES string of the molecule is CCOc1ccc(C2CC(=O)C3=C(C2)Nc2ccccc2NC3c2cc(Br)c(OC)c(OCC)c2)cc1OC. The van der Waals surface area contributed by atoms with E-state index in [1.807, 2.05) is 68.4 Å². The summed E-state index contributed by atoms with van der Waals surface area (Å²) in [7, 11) is 3.26. The van der Waals surface area contributed by atoms with Crippen LogP contribution in [0.4, 0.5) is 11.4 Å². The van der Waals surface area contributed by atoms with E-state index in [0.29, 0.717) is 49.1 Å². The fraction of sp³-hybridized carbons (Fsp3) is 0.323. The Morgan fingerprint density at radius 1 is 0.846 bits per heavy atom. The van der Waals surface area contributed by atoms with Crippen molar-refractivity contribution in [1.82, 2.24) is 0 Å². The molecule has 0 bridgehead atoms. The highest BCUT2D eigenvalue weighted by atomic mass is 79.9. The molecule has 0 fully saturated rings. The van der Waals surface area contributed by atoms with E-state index < -0.39 is 0 Å². The number of para-hydroxylation sites is 2. The summed E-state index contributed by atoms with van der Waals surface area (Å²) in [4.78, 5) is 14.0. The molecule has 0 aromatic heterocycles. The molecule has 0 amide bonds. The van der Waals surface area contributed by atoms with E-state index in [-0.39, 0.29) is 17.7 Å². The van der Waals surface area contributed by atoms with Gasteiger partial charge >= 0.3 is 0 Å². The van der Waals surface area contributed by atoms with Crippen LogP contribution >= 0.6 is 15.9 Å². The minimum absolute atomic E-state index is 0.000767. The van der Waals surface area contributed by atoms with Crippen molar-refractivity contribution in [2.24, 2.45) is 0 Å². The van der Waals surface area contributed by atoms with Crippen LogP contribution in [0.25, 0.3) is 0 Å². The molecule has 2 unspecified atom stereocenters. The Kier molecular flexibility index (Phi) is 8.02. The Labute approximate surface area is 237 Å². The van der Waals surface area contributed by atoms with Crippen molar-refractivity contribution in [3.05, 3.63) is 81.5 Å². The third-order valence-electron chi connectivity index (χ3n) is 7.14. The molecule has 0 saturated heterocycles. The van der Waals surface area contributed by atoms with Gasteiger partial charge in [0.1, 0.15) is 0 Å². The van der Waals surface area contributed by atoms with Gasteiger partial charge in [-0.05, 0) is 89.6 Å². The number of fused-ring (bicyclic) bond motifs is 1. The highest BCUT2D eigenvalue weighted by Gasteiger charge is 2.37. The minimum atomic E-state index is -0.374. The molecular formula is C31H33BrN2O5. The summed E-state index contributed by atoms with van der Waals surface area (Å²) < 4.78 is 23.6. The Hall–Kier alpha value is -3.65. The summed E-state index contributed by atoms with van der Waals surface area (Å²) >= 11 is 3.65. The highest BCUT2D eigenvalue weighted by molar-refractivity contribution is 9.10. The van der Waals surface area contributed by atoms with Gasteiger partial charge in [0, 0.05) is 17.7 Å². The van der Waals surface area contributed by atoms with E-state index >= 15 is 0 Å². The summed E-state index contributed by atoms with van der Waals surface area (Å²) in [6.07, 6.45) is 1.07. The number of carbonyl (C=O) groups excluding carboxylic acids is 1. The van der Waals surface area contributed by atoms with Gasteiger partial charge in [-0.2, -0.15) is 0 Å². The van der Waals surface area contributed by atoms with E-state index in [1.54, 1.807) is 14.2 Å². The molecule has 0 spiro atoms. The zero-order chi connectivity index (χ0) is 27.5. The fourth-order valence-corrected chi connectivity index (χ4v) is 6.03. The average Bonchev–Trinajstić information content (AvgIpc) is 3.10. The molecule has 1 aliphatic heterocycles. The molecule has 2 atom stereocenters. The highest BCUT2D eigenvalue weighted by Crippen LogP contribution is 2.47. The second-order valence-electron chi connectivity index (χ2n) is 9.48. The number of benzene rings is 3. The van der Waals surface area contributed by atoms with Crippen molar-refractivity contribution in [2.45, 2.75) is 38.6 Å². The quantitative estimate of drug-likeness (QED) is 0.285. The minimum Gasteiger partial charge on any atom is -0.493 e. The third kappa shape index (κ3) is 5.30. The topological polar surface area (TPSA) is 78.1 Å². The smallest absolute Gasteiger partial charge is 0.174 e. The van der Waals surface area contributed by atoms with Crippen LogP contribution in [0.15, 0.2) is 70.3 Å². The van der Waals surface area contributed by atoms with Crippen LogP contribution in [-0.4, -0.2) is 33.2 Å². The summed E-state index contributed by atoms with van der Waals surface area (Å²) in [5, 5.41) is 7.24. The van der Waals surface area contributed by atoms with Crippen LogP contribution in [0.1, 0.15) is 49.8 Å². The summed E-state index contributed by atoms with van der Waals surface area (Å²) in [5.74, 6) is 2.72. The first-order chi connectivity index (χ1) is 19.0. The first kappa shape index (κ1) is 26.9. The van der Waals surface area contributed by atoms with Crippen molar-refractivity contribution in [1.29, 1.82) is 0 Å². The molecule has 1 heterocycles. The fourth-order valence-electron chi connectivity index (χ4n) is 5.41. The van der Waals surface area contributed by atoms with Crippen molar-refractivity contribution >= 4 is 33.1 Å².